The van der Waals surface area contributed by atoms with E-state index in [2.05, 4.69) is 11.3 Å². The lowest BCUT2D eigenvalue weighted by atomic mass is 9.99. The van der Waals surface area contributed by atoms with Gasteiger partial charge in [0.05, 0.1) is 6.61 Å². The van der Waals surface area contributed by atoms with Gasteiger partial charge in [0.25, 0.3) is 0 Å². The van der Waals surface area contributed by atoms with Crippen molar-refractivity contribution >= 4 is 13.8 Å². The van der Waals surface area contributed by atoms with Crippen molar-refractivity contribution < 1.29 is 9.53 Å². The minimum atomic E-state index is -0.535. The van der Waals surface area contributed by atoms with E-state index in [0.29, 0.717) is 6.61 Å². The van der Waals surface area contributed by atoms with E-state index in [1.807, 2.05) is 0 Å². The van der Waals surface area contributed by atoms with E-state index >= 15 is 0 Å². The van der Waals surface area contributed by atoms with Crippen LogP contribution >= 0.6 is 0 Å². The molecule has 0 aromatic rings. The van der Waals surface area contributed by atoms with Crippen molar-refractivity contribution in [3.05, 3.63) is 12.1 Å². The lowest BCUT2D eigenvalue weighted by Crippen LogP contribution is -2.05. The Hall–Kier alpha value is -0.725. The zero-order valence-corrected chi connectivity index (χ0v) is 4.81. The lowest BCUT2D eigenvalue weighted by Gasteiger charge is -1.97. The molecule has 0 rings (SSSR count). The summed E-state index contributed by atoms with van der Waals surface area (Å²) in [5.74, 6) is -0.535. The zero-order chi connectivity index (χ0) is 6.57. The maximum atomic E-state index is 10.3. The third-order valence-corrected chi connectivity index (χ3v) is 0.538. The van der Waals surface area contributed by atoms with Crippen LogP contribution in [0.3, 0.4) is 0 Å². The number of hydrogen-bond donors (Lipinski definition) is 0. The zero-order valence-electron chi connectivity index (χ0n) is 4.81. The Morgan fingerprint density at radius 3 is 2.50 bits per heavy atom. The predicted octanol–water partition coefficient (Wildman–Crippen LogP) is 0.232. The van der Waals surface area contributed by atoms with Crippen molar-refractivity contribution in [3.63, 3.8) is 0 Å². The summed E-state index contributed by atoms with van der Waals surface area (Å²) in [7, 11) is 4.95. The Morgan fingerprint density at radius 2 is 2.38 bits per heavy atom. The molecule has 0 aromatic carbocycles. The molecule has 2 nitrogen and oxygen atoms in total. The molecule has 0 amide bonds. The van der Waals surface area contributed by atoms with Crippen LogP contribution in [-0.4, -0.2) is 20.4 Å². The maximum Gasteiger partial charge on any atom is 0.322 e. The monoisotopic (exact) mass is 110 g/mol. The van der Waals surface area contributed by atoms with Gasteiger partial charge in [0.1, 0.15) is 7.85 Å². The quantitative estimate of drug-likeness (QED) is 0.289. The highest BCUT2D eigenvalue weighted by Crippen LogP contribution is 1.85. The summed E-state index contributed by atoms with van der Waals surface area (Å²) in [6.07, 6.45) is 0. The second-order valence-corrected chi connectivity index (χ2v) is 1.25. The standard InChI is InChI=1S/C5H7BO2/c1-3-8-5(7)4(2)6/h2-3H2,1H3. The van der Waals surface area contributed by atoms with Gasteiger partial charge in [-0.05, 0) is 12.4 Å². The van der Waals surface area contributed by atoms with Gasteiger partial charge in [-0.1, -0.05) is 6.58 Å². The van der Waals surface area contributed by atoms with Crippen LogP contribution in [0.25, 0.3) is 0 Å². The average molecular weight is 110 g/mol. The Balaban J connectivity index is 3.49. The van der Waals surface area contributed by atoms with Crippen LogP contribution in [0.15, 0.2) is 12.1 Å². The van der Waals surface area contributed by atoms with Crippen LogP contribution in [0.1, 0.15) is 6.92 Å². The topological polar surface area (TPSA) is 26.3 Å². The third-order valence-electron chi connectivity index (χ3n) is 0.538. The van der Waals surface area contributed by atoms with Crippen LogP contribution in [0.4, 0.5) is 0 Å². The molecule has 0 aliphatic rings. The third kappa shape index (κ3) is 2.45. The molecular weight excluding hydrogens is 103 g/mol. The first-order valence-corrected chi connectivity index (χ1v) is 2.30. The lowest BCUT2D eigenvalue weighted by molar-refractivity contribution is -0.137. The summed E-state index contributed by atoms with van der Waals surface area (Å²) >= 11 is 0. The first-order valence-electron chi connectivity index (χ1n) is 2.30. The van der Waals surface area contributed by atoms with Gasteiger partial charge in [0.2, 0.25) is 0 Å². The molecular formula is C5H7BO2. The fraction of sp³-hybridized carbons (Fsp3) is 0.400. The molecule has 0 spiro atoms. The maximum absolute atomic E-state index is 10.3. The molecule has 0 unspecified atom stereocenters. The van der Waals surface area contributed by atoms with E-state index in [4.69, 9.17) is 7.85 Å². The van der Waals surface area contributed by atoms with Crippen molar-refractivity contribution in [3.8, 4) is 0 Å². The van der Waals surface area contributed by atoms with E-state index in [-0.39, 0.29) is 5.47 Å². The highest BCUT2D eigenvalue weighted by atomic mass is 16.5. The second kappa shape index (κ2) is 3.30. The van der Waals surface area contributed by atoms with Crippen molar-refractivity contribution in [2.45, 2.75) is 6.92 Å². The van der Waals surface area contributed by atoms with Gasteiger partial charge in [0.15, 0.2) is 0 Å². The fourth-order valence-electron chi connectivity index (χ4n) is 0.224. The molecule has 0 aromatic heterocycles. The van der Waals surface area contributed by atoms with Gasteiger partial charge in [0, 0.05) is 0 Å². The van der Waals surface area contributed by atoms with Crippen molar-refractivity contribution in [2.75, 3.05) is 6.61 Å². The minimum Gasteiger partial charge on any atom is -0.463 e. The molecule has 0 aliphatic heterocycles. The van der Waals surface area contributed by atoms with Gasteiger partial charge in [-0.2, -0.15) is 0 Å². The van der Waals surface area contributed by atoms with E-state index in [1.165, 1.54) is 0 Å². The van der Waals surface area contributed by atoms with Crippen LogP contribution in [0.5, 0.6) is 0 Å². The molecule has 0 saturated carbocycles. The van der Waals surface area contributed by atoms with E-state index in [9.17, 15) is 4.79 Å². The summed E-state index contributed by atoms with van der Waals surface area (Å²) in [5, 5.41) is 0. The predicted molar refractivity (Wildman–Crippen MR) is 31.5 cm³/mol. The molecule has 0 bridgehead atoms. The first-order chi connectivity index (χ1) is 3.68. The van der Waals surface area contributed by atoms with Crippen molar-refractivity contribution in [2.24, 2.45) is 0 Å². The second-order valence-electron chi connectivity index (χ2n) is 1.25. The molecule has 0 N–H and O–H groups in total. The Labute approximate surface area is 49.9 Å². The molecule has 3 heteroatoms. The average Bonchev–Trinajstić information content (AvgIpc) is 1.67. The Morgan fingerprint density at radius 1 is 1.88 bits per heavy atom. The van der Waals surface area contributed by atoms with E-state index in [1.54, 1.807) is 6.92 Å². The molecule has 8 heavy (non-hydrogen) atoms. The van der Waals surface area contributed by atoms with E-state index in [0.717, 1.165) is 0 Å². The summed E-state index contributed by atoms with van der Waals surface area (Å²) in [4.78, 5) is 10.3. The Bertz CT molecular complexity index is 109. The summed E-state index contributed by atoms with van der Waals surface area (Å²) in [5.41, 5.74) is -0.0492. The summed E-state index contributed by atoms with van der Waals surface area (Å²) in [6.45, 7) is 5.23. The highest BCUT2D eigenvalue weighted by molar-refractivity contribution is 6.34. The number of esters is 1. The molecule has 0 aliphatic carbocycles. The molecule has 2 radical (unpaired) electrons. The van der Waals surface area contributed by atoms with E-state index < -0.39 is 5.97 Å². The number of carbonyl (C=O) groups excluding carboxylic acids is 1. The SMILES string of the molecule is [B]C(=C)C(=O)OCC. The van der Waals surface area contributed by atoms with Crippen LogP contribution in [0, 0.1) is 0 Å². The normalized spacial score (nSPS) is 8.12. The number of carbonyl (C=O) groups is 1. The number of rotatable bonds is 2. The van der Waals surface area contributed by atoms with Gasteiger partial charge >= 0.3 is 5.97 Å². The van der Waals surface area contributed by atoms with Crippen molar-refractivity contribution in [1.29, 1.82) is 0 Å². The molecule has 0 saturated heterocycles. The van der Waals surface area contributed by atoms with Crippen LogP contribution in [-0.2, 0) is 9.53 Å². The number of hydrogen-bond acceptors (Lipinski definition) is 2. The molecule has 0 atom stereocenters. The largest absolute Gasteiger partial charge is 0.463 e. The van der Waals surface area contributed by atoms with Gasteiger partial charge < -0.3 is 4.74 Å². The highest BCUT2D eigenvalue weighted by Gasteiger charge is 1.97. The molecule has 42 valence electrons. The van der Waals surface area contributed by atoms with Gasteiger partial charge in [-0.15, -0.1) is 0 Å². The minimum absolute atomic E-state index is 0.0492. The van der Waals surface area contributed by atoms with Crippen LogP contribution in [0.2, 0.25) is 0 Å². The number of ether oxygens (including phenoxy) is 1. The smallest absolute Gasteiger partial charge is 0.322 e. The fourth-order valence-corrected chi connectivity index (χ4v) is 0.224. The Kier molecular flexibility index (Phi) is 3.00. The molecule has 0 fully saturated rings. The van der Waals surface area contributed by atoms with Gasteiger partial charge in [-0.3, -0.25) is 0 Å². The summed E-state index contributed by atoms with van der Waals surface area (Å²) in [6, 6.07) is 0. The summed E-state index contributed by atoms with van der Waals surface area (Å²) < 4.78 is 4.44. The van der Waals surface area contributed by atoms with Gasteiger partial charge in [-0.25, -0.2) is 4.79 Å². The molecule has 0 heterocycles. The van der Waals surface area contributed by atoms with Crippen molar-refractivity contribution in [1.82, 2.24) is 0 Å². The van der Waals surface area contributed by atoms with Crippen LogP contribution < -0.4 is 0 Å². The first kappa shape index (κ1) is 7.27.